The molecule has 0 spiro atoms. The normalized spacial score (nSPS) is 14.7. The number of thiophene rings is 1. The van der Waals surface area contributed by atoms with Crippen molar-refractivity contribution in [1.82, 2.24) is 0 Å². The summed E-state index contributed by atoms with van der Waals surface area (Å²) in [5.41, 5.74) is 2.16. The van der Waals surface area contributed by atoms with Gasteiger partial charge >= 0.3 is 5.97 Å². The van der Waals surface area contributed by atoms with Crippen molar-refractivity contribution in [2.45, 2.75) is 44.9 Å². The van der Waals surface area contributed by atoms with Crippen molar-refractivity contribution < 1.29 is 14.7 Å². The van der Waals surface area contributed by atoms with Gasteiger partial charge in [-0.15, -0.1) is 11.3 Å². The number of fused-ring (bicyclic) bond motifs is 1. The van der Waals surface area contributed by atoms with Gasteiger partial charge in [-0.25, -0.2) is 0 Å². The molecule has 92 valence electrons. The fourth-order valence-electron chi connectivity index (χ4n) is 2.26. The minimum Gasteiger partial charge on any atom is -0.481 e. The maximum absolute atomic E-state index is 11.6. The minimum absolute atomic E-state index is 0.243. The summed E-state index contributed by atoms with van der Waals surface area (Å²) in [6.45, 7) is 0. The third-order valence-electron chi connectivity index (χ3n) is 3.16. The number of carboxylic acid groups (broad SMARTS) is 1. The summed E-state index contributed by atoms with van der Waals surface area (Å²) in [5.74, 6) is -0.451. The second kappa shape index (κ2) is 5.45. The molecule has 0 saturated carbocycles. The molecule has 0 saturated heterocycles. The fraction of sp³-hybridized carbons (Fsp3) is 0.538. The lowest BCUT2D eigenvalue weighted by Gasteiger charge is -2.11. The Kier molecular flexibility index (Phi) is 3.94. The Morgan fingerprint density at radius 1 is 1.35 bits per heavy atom. The molecule has 4 heteroatoms. The zero-order chi connectivity index (χ0) is 12.3. The topological polar surface area (TPSA) is 54.4 Å². The van der Waals surface area contributed by atoms with Crippen LogP contribution in [0.15, 0.2) is 5.38 Å². The van der Waals surface area contributed by atoms with E-state index in [1.165, 1.54) is 10.4 Å². The molecule has 0 amide bonds. The minimum atomic E-state index is -0.728. The molecular weight excluding hydrogens is 236 g/mol. The van der Waals surface area contributed by atoms with Crippen LogP contribution in [0, 0.1) is 0 Å². The highest BCUT2D eigenvalue weighted by Crippen LogP contribution is 2.30. The number of aryl methyl sites for hydroxylation is 1. The van der Waals surface area contributed by atoms with E-state index in [0.717, 1.165) is 37.7 Å². The molecule has 0 fully saturated rings. The monoisotopic (exact) mass is 252 g/mol. The third-order valence-corrected chi connectivity index (χ3v) is 4.24. The number of carbonyl (C=O) groups is 2. The van der Waals surface area contributed by atoms with Gasteiger partial charge in [-0.05, 0) is 37.7 Å². The molecule has 1 aromatic rings. The van der Waals surface area contributed by atoms with Crippen molar-refractivity contribution in [3.63, 3.8) is 0 Å². The molecule has 2 rings (SSSR count). The van der Waals surface area contributed by atoms with Gasteiger partial charge < -0.3 is 5.11 Å². The lowest BCUT2D eigenvalue weighted by Crippen LogP contribution is -2.09. The molecule has 0 radical (unpaired) electrons. The molecule has 1 N–H and O–H groups in total. The summed E-state index contributed by atoms with van der Waals surface area (Å²) < 4.78 is 0. The highest BCUT2D eigenvalue weighted by Gasteiger charge is 2.21. The maximum atomic E-state index is 11.6. The van der Waals surface area contributed by atoms with Gasteiger partial charge in [-0.1, -0.05) is 0 Å². The summed E-state index contributed by atoms with van der Waals surface area (Å²) >= 11 is 1.66. The van der Waals surface area contributed by atoms with Crippen LogP contribution in [0.4, 0.5) is 0 Å². The molecule has 17 heavy (non-hydrogen) atoms. The number of aliphatic carboxylic acids is 1. The first-order chi connectivity index (χ1) is 8.18. The number of hydrogen-bond donors (Lipinski definition) is 1. The Morgan fingerprint density at radius 2 is 2.18 bits per heavy atom. The van der Waals surface area contributed by atoms with E-state index in [4.69, 9.17) is 5.11 Å². The zero-order valence-corrected chi connectivity index (χ0v) is 10.5. The molecule has 1 heterocycles. The SMILES string of the molecule is O=C(O)CCCCc1scc2c1CCCC2=O. The van der Waals surface area contributed by atoms with E-state index in [-0.39, 0.29) is 12.2 Å². The number of ketones is 1. The number of unbranched alkanes of at least 4 members (excludes halogenated alkanes) is 1. The lowest BCUT2D eigenvalue weighted by atomic mass is 9.92. The highest BCUT2D eigenvalue weighted by molar-refractivity contribution is 7.10. The zero-order valence-electron chi connectivity index (χ0n) is 9.70. The largest absolute Gasteiger partial charge is 0.481 e. The molecule has 0 atom stereocenters. The second-order valence-electron chi connectivity index (χ2n) is 4.43. The molecule has 0 aliphatic heterocycles. The van der Waals surface area contributed by atoms with Crippen molar-refractivity contribution in [2.24, 2.45) is 0 Å². The molecule has 1 aromatic heterocycles. The van der Waals surface area contributed by atoms with Crippen LogP contribution in [0.5, 0.6) is 0 Å². The Balaban J connectivity index is 1.93. The van der Waals surface area contributed by atoms with Crippen LogP contribution in [-0.2, 0) is 17.6 Å². The maximum Gasteiger partial charge on any atom is 0.303 e. The average molecular weight is 252 g/mol. The predicted molar refractivity (Wildman–Crippen MR) is 66.8 cm³/mol. The van der Waals surface area contributed by atoms with E-state index >= 15 is 0 Å². The van der Waals surface area contributed by atoms with Gasteiger partial charge in [0.2, 0.25) is 0 Å². The lowest BCUT2D eigenvalue weighted by molar-refractivity contribution is -0.137. The summed E-state index contributed by atoms with van der Waals surface area (Å²) in [7, 11) is 0. The quantitative estimate of drug-likeness (QED) is 0.819. The third kappa shape index (κ3) is 2.94. The van der Waals surface area contributed by atoms with E-state index in [2.05, 4.69) is 0 Å². The predicted octanol–water partition coefficient (Wildman–Crippen LogP) is 3.06. The standard InChI is InChI=1S/C13H16O3S/c14-11-5-3-4-9-10(11)8-17-12(9)6-1-2-7-13(15)16/h8H,1-7H2,(H,15,16). The van der Waals surface area contributed by atoms with E-state index in [1.54, 1.807) is 11.3 Å². The molecule has 1 aliphatic rings. The van der Waals surface area contributed by atoms with Crippen LogP contribution in [0.2, 0.25) is 0 Å². The van der Waals surface area contributed by atoms with E-state index in [1.807, 2.05) is 5.38 Å². The van der Waals surface area contributed by atoms with Crippen molar-refractivity contribution >= 4 is 23.1 Å². The van der Waals surface area contributed by atoms with Gasteiger partial charge in [0, 0.05) is 28.7 Å². The van der Waals surface area contributed by atoms with Gasteiger partial charge in [0.15, 0.2) is 5.78 Å². The number of hydrogen-bond acceptors (Lipinski definition) is 3. The number of rotatable bonds is 5. The van der Waals surface area contributed by atoms with Crippen LogP contribution in [0.25, 0.3) is 0 Å². The number of carboxylic acids is 1. The van der Waals surface area contributed by atoms with E-state index in [0.29, 0.717) is 6.42 Å². The summed E-state index contributed by atoms with van der Waals surface area (Å²) in [6, 6.07) is 0. The van der Waals surface area contributed by atoms with Gasteiger partial charge in [0.25, 0.3) is 0 Å². The Bertz CT molecular complexity index is 434. The molecule has 0 bridgehead atoms. The Hall–Kier alpha value is -1.16. The van der Waals surface area contributed by atoms with Crippen molar-refractivity contribution in [1.29, 1.82) is 0 Å². The van der Waals surface area contributed by atoms with Crippen molar-refractivity contribution in [3.8, 4) is 0 Å². The molecule has 3 nitrogen and oxygen atoms in total. The number of carbonyl (C=O) groups excluding carboxylic acids is 1. The molecule has 0 unspecified atom stereocenters. The summed E-state index contributed by atoms with van der Waals surface area (Å²) in [4.78, 5) is 23.3. The second-order valence-corrected chi connectivity index (χ2v) is 5.39. The van der Waals surface area contributed by atoms with Crippen LogP contribution in [0.1, 0.15) is 52.9 Å². The molecular formula is C13H16O3S. The average Bonchev–Trinajstić information content (AvgIpc) is 2.69. The van der Waals surface area contributed by atoms with Crippen LogP contribution < -0.4 is 0 Å². The van der Waals surface area contributed by atoms with Crippen molar-refractivity contribution in [3.05, 3.63) is 21.4 Å². The van der Waals surface area contributed by atoms with E-state index in [9.17, 15) is 9.59 Å². The fourth-order valence-corrected chi connectivity index (χ4v) is 3.41. The number of Topliss-reactive ketones (excluding diaryl/α,β-unsaturated/α-hetero) is 1. The Morgan fingerprint density at radius 3 is 2.94 bits per heavy atom. The van der Waals surface area contributed by atoms with Gasteiger partial charge in [-0.2, -0.15) is 0 Å². The summed E-state index contributed by atoms with van der Waals surface area (Å²) in [5, 5.41) is 10.5. The van der Waals surface area contributed by atoms with Crippen molar-refractivity contribution in [2.75, 3.05) is 0 Å². The van der Waals surface area contributed by atoms with Gasteiger partial charge in [-0.3, -0.25) is 9.59 Å². The van der Waals surface area contributed by atoms with Gasteiger partial charge in [0.1, 0.15) is 0 Å². The van der Waals surface area contributed by atoms with Crippen LogP contribution in [0.3, 0.4) is 0 Å². The molecule has 0 aromatic carbocycles. The van der Waals surface area contributed by atoms with Crippen LogP contribution >= 0.6 is 11.3 Å². The smallest absolute Gasteiger partial charge is 0.303 e. The highest BCUT2D eigenvalue weighted by atomic mass is 32.1. The first-order valence-corrected chi connectivity index (χ1v) is 6.90. The summed E-state index contributed by atoms with van der Waals surface area (Å²) in [6.07, 6.45) is 5.43. The first-order valence-electron chi connectivity index (χ1n) is 6.02. The Labute approximate surface area is 104 Å². The van der Waals surface area contributed by atoms with E-state index < -0.39 is 5.97 Å². The molecule has 1 aliphatic carbocycles. The van der Waals surface area contributed by atoms with Crippen LogP contribution in [-0.4, -0.2) is 16.9 Å². The first kappa shape index (κ1) is 12.3. The van der Waals surface area contributed by atoms with Gasteiger partial charge in [0.05, 0.1) is 0 Å².